The lowest BCUT2D eigenvalue weighted by Crippen LogP contribution is -2.25. The van der Waals surface area contributed by atoms with Gasteiger partial charge in [-0.1, -0.05) is 0 Å². The van der Waals surface area contributed by atoms with Gasteiger partial charge in [-0.05, 0) is 6.92 Å². The molecule has 0 aliphatic heterocycles. The predicted molar refractivity (Wildman–Crippen MR) is 39.6 cm³/mol. The molecule has 4 N–H and O–H groups in total. The minimum Gasteiger partial charge on any atom is -0.481 e. The molecule has 0 radical (unpaired) electrons. The van der Waals surface area contributed by atoms with E-state index >= 15 is 0 Å². The third-order valence-electron chi connectivity index (χ3n) is 0.647. The number of carbonyl (C=O) groups is 3. The van der Waals surface area contributed by atoms with Crippen molar-refractivity contribution in [1.82, 2.24) is 0 Å². The Balaban J connectivity index is 0. The highest BCUT2D eigenvalue weighted by Gasteiger charge is 1.99. The molecule has 1 atom stereocenters. The van der Waals surface area contributed by atoms with Crippen molar-refractivity contribution in [2.45, 2.75) is 19.4 Å². The van der Waals surface area contributed by atoms with E-state index < -0.39 is 18.0 Å². The second kappa shape index (κ2) is 7.67. The van der Waals surface area contributed by atoms with Crippen LogP contribution in [0.3, 0.4) is 0 Å². The van der Waals surface area contributed by atoms with Crippen LogP contribution in [-0.4, -0.2) is 34.5 Å². The number of aliphatic carboxylic acids is 2. The molecule has 6 nitrogen and oxygen atoms in total. The second-order valence-electron chi connectivity index (χ2n) is 1.89. The predicted octanol–water partition coefficient (Wildman–Crippen LogP) is -0.922. The Hall–Kier alpha value is -1.43. The van der Waals surface area contributed by atoms with E-state index in [1.807, 2.05) is 0 Å². The molecule has 0 aromatic carbocycles. The van der Waals surface area contributed by atoms with Crippen LogP contribution in [0, 0.1) is 0 Å². The summed E-state index contributed by atoms with van der Waals surface area (Å²) < 4.78 is 0. The van der Waals surface area contributed by atoms with E-state index in [0.29, 0.717) is 6.29 Å². The fraction of sp³-hybridized carbons (Fsp3) is 0.500. The summed E-state index contributed by atoms with van der Waals surface area (Å²) in [6.45, 7) is 1.42. The molecule has 0 fully saturated rings. The van der Waals surface area contributed by atoms with Crippen molar-refractivity contribution < 1.29 is 24.6 Å². The average Bonchev–Trinajstić information content (AvgIpc) is 1.87. The normalized spacial score (nSPS) is 10.5. The summed E-state index contributed by atoms with van der Waals surface area (Å²) in [4.78, 5) is 28.2. The molecular formula is C6H11NO5. The molecule has 0 amide bonds. The number of carboxylic acids is 2. The van der Waals surface area contributed by atoms with Gasteiger partial charge in [0.1, 0.15) is 18.7 Å². The van der Waals surface area contributed by atoms with Gasteiger partial charge in [-0.15, -0.1) is 0 Å². The van der Waals surface area contributed by atoms with Crippen LogP contribution in [0.15, 0.2) is 0 Å². The lowest BCUT2D eigenvalue weighted by atomic mass is 10.4. The molecule has 6 heteroatoms. The zero-order valence-electron chi connectivity index (χ0n) is 6.56. The number of aldehydes is 1. The number of hydrogen-bond acceptors (Lipinski definition) is 4. The number of rotatable bonds is 3. The standard InChI is InChI=1S/C3H7NO2.C3H4O3/c1-2(4)3(5)6;4-2-1-3(5)6/h2H,4H2,1H3,(H,5,6);2H,1H2,(H,5,6)/t2-;/m0./s1. The topological polar surface area (TPSA) is 118 Å². The van der Waals surface area contributed by atoms with E-state index in [1.165, 1.54) is 6.92 Å². The monoisotopic (exact) mass is 177 g/mol. The molecular weight excluding hydrogens is 166 g/mol. The molecule has 0 aromatic rings. The third kappa shape index (κ3) is 15.8. The molecule has 12 heavy (non-hydrogen) atoms. The number of carbonyl (C=O) groups excluding carboxylic acids is 1. The molecule has 0 saturated carbocycles. The molecule has 0 unspecified atom stereocenters. The molecule has 70 valence electrons. The van der Waals surface area contributed by atoms with Crippen LogP contribution in [0.1, 0.15) is 13.3 Å². The number of nitrogens with two attached hydrogens (primary N) is 1. The van der Waals surface area contributed by atoms with Gasteiger partial charge < -0.3 is 20.7 Å². The number of carboxylic acid groups (broad SMARTS) is 2. The van der Waals surface area contributed by atoms with Gasteiger partial charge in [-0.25, -0.2) is 0 Å². The molecule has 0 spiro atoms. The fourth-order valence-corrected chi connectivity index (χ4v) is 0.0713. The van der Waals surface area contributed by atoms with E-state index in [0.717, 1.165) is 0 Å². The van der Waals surface area contributed by atoms with Crippen LogP contribution in [0.2, 0.25) is 0 Å². The van der Waals surface area contributed by atoms with Crippen LogP contribution in [-0.2, 0) is 14.4 Å². The minimum absolute atomic E-state index is 0.350. The van der Waals surface area contributed by atoms with E-state index in [1.54, 1.807) is 0 Å². The van der Waals surface area contributed by atoms with Crippen molar-refractivity contribution in [1.29, 1.82) is 0 Å². The van der Waals surface area contributed by atoms with Crippen molar-refractivity contribution in [2.24, 2.45) is 5.73 Å². The van der Waals surface area contributed by atoms with Gasteiger partial charge in [0.2, 0.25) is 0 Å². The maximum absolute atomic E-state index is 9.57. The molecule has 0 aromatic heterocycles. The van der Waals surface area contributed by atoms with Gasteiger partial charge in [-0.3, -0.25) is 9.59 Å². The summed E-state index contributed by atoms with van der Waals surface area (Å²) in [6, 6.07) is -0.731. The number of hydrogen-bond donors (Lipinski definition) is 3. The van der Waals surface area contributed by atoms with Crippen molar-refractivity contribution >= 4 is 18.2 Å². The largest absolute Gasteiger partial charge is 0.481 e. The van der Waals surface area contributed by atoms with Crippen LogP contribution >= 0.6 is 0 Å². The molecule has 0 bridgehead atoms. The van der Waals surface area contributed by atoms with Crippen LogP contribution in [0.4, 0.5) is 0 Å². The average molecular weight is 177 g/mol. The van der Waals surface area contributed by atoms with Crippen molar-refractivity contribution in [3.63, 3.8) is 0 Å². The van der Waals surface area contributed by atoms with Gasteiger partial charge in [-0.2, -0.15) is 0 Å². The first-order chi connectivity index (χ1) is 5.41. The van der Waals surface area contributed by atoms with Crippen LogP contribution in [0.25, 0.3) is 0 Å². The summed E-state index contributed by atoms with van der Waals surface area (Å²) in [5.74, 6) is -2.04. The Morgan fingerprint density at radius 1 is 1.50 bits per heavy atom. The van der Waals surface area contributed by atoms with E-state index in [4.69, 9.17) is 15.9 Å². The lowest BCUT2D eigenvalue weighted by Gasteiger charge is -1.90. The van der Waals surface area contributed by atoms with Gasteiger partial charge in [0.25, 0.3) is 0 Å². The highest BCUT2D eigenvalue weighted by atomic mass is 16.4. The van der Waals surface area contributed by atoms with Crippen LogP contribution in [0.5, 0.6) is 0 Å². The molecule has 0 rings (SSSR count). The summed E-state index contributed by atoms with van der Waals surface area (Å²) in [6.07, 6.45) is -0.0394. The maximum atomic E-state index is 9.57. The molecule has 0 aliphatic rings. The van der Waals surface area contributed by atoms with Gasteiger partial charge >= 0.3 is 11.9 Å². The minimum atomic E-state index is -1.08. The lowest BCUT2D eigenvalue weighted by molar-refractivity contribution is -0.139. The Labute approximate surface area is 69.0 Å². The van der Waals surface area contributed by atoms with E-state index in [9.17, 15) is 14.4 Å². The van der Waals surface area contributed by atoms with E-state index in [2.05, 4.69) is 0 Å². The fourth-order valence-electron chi connectivity index (χ4n) is 0.0713. The highest BCUT2D eigenvalue weighted by molar-refractivity contribution is 5.82. The quantitative estimate of drug-likeness (QED) is 0.379. The summed E-state index contributed by atoms with van der Waals surface area (Å²) >= 11 is 0. The van der Waals surface area contributed by atoms with Crippen molar-refractivity contribution in [3.05, 3.63) is 0 Å². The first kappa shape index (κ1) is 13.2. The van der Waals surface area contributed by atoms with Gasteiger partial charge in [0.05, 0.1) is 0 Å². The van der Waals surface area contributed by atoms with Gasteiger partial charge in [0.15, 0.2) is 0 Å². The summed E-state index contributed by atoms with van der Waals surface area (Å²) in [7, 11) is 0. The Morgan fingerprint density at radius 3 is 1.83 bits per heavy atom. The van der Waals surface area contributed by atoms with E-state index in [-0.39, 0.29) is 6.42 Å². The zero-order valence-corrected chi connectivity index (χ0v) is 6.56. The molecule has 0 aliphatic carbocycles. The Kier molecular flexibility index (Phi) is 8.43. The maximum Gasteiger partial charge on any atom is 0.320 e. The van der Waals surface area contributed by atoms with Crippen molar-refractivity contribution in [3.8, 4) is 0 Å². The van der Waals surface area contributed by atoms with Crippen LogP contribution < -0.4 is 5.73 Å². The summed E-state index contributed by atoms with van der Waals surface area (Å²) in [5, 5.41) is 15.5. The SMILES string of the molecule is C[C@H](N)C(=O)O.O=CCC(=O)O. The summed E-state index contributed by atoms with van der Waals surface area (Å²) in [5.41, 5.74) is 4.84. The Morgan fingerprint density at radius 2 is 1.83 bits per heavy atom. The van der Waals surface area contributed by atoms with Crippen molar-refractivity contribution in [2.75, 3.05) is 0 Å². The molecule has 0 heterocycles. The zero-order chi connectivity index (χ0) is 10.1. The molecule has 0 saturated heterocycles. The first-order valence-corrected chi connectivity index (χ1v) is 3.05. The smallest absolute Gasteiger partial charge is 0.320 e. The highest BCUT2D eigenvalue weighted by Crippen LogP contribution is 1.68. The Bertz CT molecular complexity index is 165. The third-order valence-corrected chi connectivity index (χ3v) is 0.647. The second-order valence-corrected chi connectivity index (χ2v) is 1.89. The first-order valence-electron chi connectivity index (χ1n) is 3.05. The van der Waals surface area contributed by atoms with Gasteiger partial charge in [0, 0.05) is 0 Å².